The lowest BCUT2D eigenvalue weighted by atomic mass is 10.1. The van der Waals surface area contributed by atoms with Gasteiger partial charge >= 0.3 is 0 Å². The molecule has 25 heavy (non-hydrogen) atoms. The lowest BCUT2D eigenvalue weighted by Crippen LogP contribution is -2.14. The Morgan fingerprint density at radius 3 is 2.32 bits per heavy atom. The molecular weight excluding hydrogens is 334 g/mol. The lowest BCUT2D eigenvalue weighted by molar-refractivity contribution is -0.115. The summed E-state index contributed by atoms with van der Waals surface area (Å²) in [5.41, 5.74) is 3.64. The Hall–Kier alpha value is -2.85. The fourth-order valence-corrected chi connectivity index (χ4v) is 2.49. The first-order chi connectivity index (χ1) is 12.2. The molecule has 0 bridgehead atoms. The predicted molar refractivity (Wildman–Crippen MR) is 102 cm³/mol. The van der Waals surface area contributed by atoms with E-state index in [1.807, 2.05) is 54.6 Å². The van der Waals surface area contributed by atoms with E-state index in [0.717, 1.165) is 22.6 Å². The molecule has 4 nitrogen and oxygen atoms in total. The zero-order valence-electron chi connectivity index (χ0n) is 13.6. The van der Waals surface area contributed by atoms with E-state index in [1.165, 1.54) is 0 Å². The van der Waals surface area contributed by atoms with Crippen LogP contribution in [-0.4, -0.2) is 10.9 Å². The fraction of sp³-hybridized carbons (Fsp3) is 0.100. The quantitative estimate of drug-likeness (QED) is 0.686. The van der Waals surface area contributed by atoms with Crippen LogP contribution in [0.25, 0.3) is 0 Å². The van der Waals surface area contributed by atoms with Crippen LogP contribution in [-0.2, 0) is 17.8 Å². The van der Waals surface area contributed by atoms with E-state index in [0.29, 0.717) is 18.0 Å². The Labute approximate surface area is 151 Å². The molecule has 1 amide bonds. The van der Waals surface area contributed by atoms with Gasteiger partial charge in [-0.15, -0.1) is 0 Å². The van der Waals surface area contributed by atoms with Crippen molar-refractivity contribution in [2.45, 2.75) is 13.0 Å². The van der Waals surface area contributed by atoms with Crippen molar-refractivity contribution < 1.29 is 4.79 Å². The van der Waals surface area contributed by atoms with Crippen molar-refractivity contribution in [3.8, 4) is 0 Å². The number of carbonyl (C=O) groups is 1. The number of nitrogens with one attached hydrogen (secondary N) is 2. The monoisotopic (exact) mass is 351 g/mol. The number of hydrogen-bond donors (Lipinski definition) is 2. The van der Waals surface area contributed by atoms with Gasteiger partial charge in [0.25, 0.3) is 0 Å². The average Bonchev–Trinajstić information content (AvgIpc) is 2.64. The molecule has 3 aromatic rings. The maximum atomic E-state index is 12.1. The maximum Gasteiger partial charge on any atom is 0.228 e. The molecule has 2 N–H and O–H groups in total. The van der Waals surface area contributed by atoms with Gasteiger partial charge in [0.05, 0.1) is 18.7 Å². The van der Waals surface area contributed by atoms with Crippen LogP contribution in [0.5, 0.6) is 0 Å². The van der Waals surface area contributed by atoms with Gasteiger partial charge in [0.15, 0.2) is 0 Å². The number of anilines is 2. The second-order valence-corrected chi connectivity index (χ2v) is 6.04. The SMILES string of the molecule is O=C(Cc1ccc(Cl)cc1)Nc1ccc(NCc2ccccn2)cc1. The molecule has 3 rings (SSSR count). The summed E-state index contributed by atoms with van der Waals surface area (Å²) in [4.78, 5) is 16.4. The minimum absolute atomic E-state index is 0.0588. The number of amides is 1. The van der Waals surface area contributed by atoms with Gasteiger partial charge in [-0.05, 0) is 54.1 Å². The minimum Gasteiger partial charge on any atom is -0.379 e. The zero-order chi connectivity index (χ0) is 17.5. The first kappa shape index (κ1) is 17.0. The molecule has 0 saturated carbocycles. The summed E-state index contributed by atoms with van der Waals surface area (Å²) in [5, 5.41) is 6.86. The molecule has 1 aromatic heterocycles. The summed E-state index contributed by atoms with van der Waals surface area (Å²) in [6.07, 6.45) is 2.09. The van der Waals surface area contributed by atoms with Crippen LogP contribution in [0.4, 0.5) is 11.4 Å². The van der Waals surface area contributed by atoms with Crippen LogP contribution in [0, 0.1) is 0 Å². The third kappa shape index (κ3) is 5.33. The smallest absolute Gasteiger partial charge is 0.228 e. The number of halogens is 1. The number of aromatic nitrogens is 1. The highest BCUT2D eigenvalue weighted by molar-refractivity contribution is 6.30. The Kier molecular flexibility index (Phi) is 5.65. The molecule has 126 valence electrons. The molecule has 2 aromatic carbocycles. The standard InChI is InChI=1S/C20H18ClN3O/c21-16-6-4-15(5-7-16)13-20(25)24-18-10-8-17(9-11-18)23-14-19-3-1-2-12-22-19/h1-12,23H,13-14H2,(H,24,25). The summed E-state index contributed by atoms with van der Waals surface area (Å²) < 4.78 is 0. The van der Waals surface area contributed by atoms with Crippen LogP contribution in [0.3, 0.4) is 0 Å². The number of rotatable bonds is 6. The maximum absolute atomic E-state index is 12.1. The molecular formula is C20H18ClN3O. The van der Waals surface area contributed by atoms with Gasteiger partial charge in [0.1, 0.15) is 0 Å². The summed E-state index contributed by atoms with van der Waals surface area (Å²) in [6.45, 7) is 0.656. The number of pyridine rings is 1. The van der Waals surface area contributed by atoms with Crippen molar-refractivity contribution >= 4 is 28.9 Å². The molecule has 0 aliphatic carbocycles. The molecule has 0 atom stereocenters. The highest BCUT2D eigenvalue weighted by Crippen LogP contribution is 2.15. The second kappa shape index (κ2) is 8.31. The van der Waals surface area contributed by atoms with Crippen LogP contribution >= 0.6 is 11.6 Å². The van der Waals surface area contributed by atoms with Gasteiger partial charge in [-0.2, -0.15) is 0 Å². The summed E-state index contributed by atoms with van der Waals surface area (Å²) in [5.74, 6) is -0.0588. The Morgan fingerprint density at radius 2 is 1.64 bits per heavy atom. The van der Waals surface area contributed by atoms with E-state index in [4.69, 9.17) is 11.6 Å². The van der Waals surface area contributed by atoms with E-state index in [-0.39, 0.29) is 5.91 Å². The van der Waals surface area contributed by atoms with E-state index < -0.39 is 0 Å². The van der Waals surface area contributed by atoms with Crippen molar-refractivity contribution in [2.24, 2.45) is 0 Å². The normalized spacial score (nSPS) is 10.3. The van der Waals surface area contributed by atoms with Gasteiger partial charge in [-0.1, -0.05) is 29.8 Å². The van der Waals surface area contributed by atoms with Crippen LogP contribution < -0.4 is 10.6 Å². The van der Waals surface area contributed by atoms with Crippen molar-refractivity contribution in [2.75, 3.05) is 10.6 Å². The number of nitrogens with zero attached hydrogens (tertiary/aromatic N) is 1. The van der Waals surface area contributed by atoms with Crippen molar-refractivity contribution in [3.63, 3.8) is 0 Å². The van der Waals surface area contributed by atoms with Gasteiger partial charge in [-0.3, -0.25) is 9.78 Å². The Bertz CT molecular complexity index is 818. The average molecular weight is 352 g/mol. The van der Waals surface area contributed by atoms with Crippen LogP contribution in [0.2, 0.25) is 5.02 Å². The molecule has 0 radical (unpaired) electrons. The van der Waals surface area contributed by atoms with Crippen LogP contribution in [0.15, 0.2) is 72.9 Å². The first-order valence-corrected chi connectivity index (χ1v) is 8.35. The van der Waals surface area contributed by atoms with E-state index >= 15 is 0 Å². The highest BCUT2D eigenvalue weighted by Gasteiger charge is 2.04. The number of carbonyl (C=O) groups excluding carboxylic acids is 1. The minimum atomic E-state index is -0.0588. The molecule has 0 aliphatic heterocycles. The van der Waals surface area contributed by atoms with Crippen molar-refractivity contribution in [1.29, 1.82) is 0 Å². The van der Waals surface area contributed by atoms with Gasteiger partial charge in [0.2, 0.25) is 5.91 Å². The molecule has 0 spiro atoms. The molecule has 1 heterocycles. The largest absolute Gasteiger partial charge is 0.379 e. The third-order valence-electron chi connectivity index (χ3n) is 3.65. The number of hydrogen-bond acceptors (Lipinski definition) is 3. The molecule has 0 unspecified atom stereocenters. The molecule has 0 fully saturated rings. The second-order valence-electron chi connectivity index (χ2n) is 5.60. The lowest BCUT2D eigenvalue weighted by Gasteiger charge is -2.09. The topological polar surface area (TPSA) is 54.0 Å². The Morgan fingerprint density at radius 1 is 0.920 bits per heavy atom. The summed E-state index contributed by atoms with van der Waals surface area (Å²) in [7, 11) is 0. The third-order valence-corrected chi connectivity index (χ3v) is 3.90. The van der Waals surface area contributed by atoms with Crippen LogP contribution in [0.1, 0.15) is 11.3 Å². The Balaban J connectivity index is 1.51. The fourth-order valence-electron chi connectivity index (χ4n) is 2.36. The summed E-state index contributed by atoms with van der Waals surface area (Å²) in [6, 6.07) is 20.7. The van der Waals surface area contributed by atoms with Gasteiger partial charge in [0, 0.05) is 22.6 Å². The van der Waals surface area contributed by atoms with Crippen molar-refractivity contribution in [1.82, 2.24) is 4.98 Å². The molecule has 0 aliphatic rings. The number of benzene rings is 2. The van der Waals surface area contributed by atoms with Gasteiger partial charge in [-0.25, -0.2) is 0 Å². The van der Waals surface area contributed by atoms with E-state index in [9.17, 15) is 4.79 Å². The molecule has 5 heteroatoms. The van der Waals surface area contributed by atoms with E-state index in [2.05, 4.69) is 15.6 Å². The van der Waals surface area contributed by atoms with Gasteiger partial charge < -0.3 is 10.6 Å². The van der Waals surface area contributed by atoms with Crippen molar-refractivity contribution in [3.05, 3.63) is 89.2 Å². The predicted octanol–water partition coefficient (Wildman–Crippen LogP) is 4.53. The highest BCUT2D eigenvalue weighted by atomic mass is 35.5. The first-order valence-electron chi connectivity index (χ1n) is 7.97. The van der Waals surface area contributed by atoms with E-state index in [1.54, 1.807) is 18.3 Å². The summed E-state index contributed by atoms with van der Waals surface area (Å²) >= 11 is 5.85. The molecule has 0 saturated heterocycles. The zero-order valence-corrected chi connectivity index (χ0v) is 14.3.